The molecule has 0 bridgehead atoms. The summed E-state index contributed by atoms with van der Waals surface area (Å²) in [5, 5.41) is 24.9. The van der Waals surface area contributed by atoms with E-state index in [-0.39, 0.29) is 28.9 Å². The maximum absolute atomic E-state index is 12.8. The lowest BCUT2D eigenvalue weighted by atomic mass is 9.78. The summed E-state index contributed by atoms with van der Waals surface area (Å²) in [6, 6.07) is 4.99. The van der Waals surface area contributed by atoms with Crippen molar-refractivity contribution in [2.24, 2.45) is 4.99 Å². The molecular formula is C37H55N3O6S. The second kappa shape index (κ2) is 15.6. The van der Waals surface area contributed by atoms with Crippen LogP contribution < -0.4 is 10.4 Å². The smallest absolute Gasteiger partial charge is 0.302 e. The van der Waals surface area contributed by atoms with Gasteiger partial charge in [-0.3, -0.25) is 19.5 Å². The summed E-state index contributed by atoms with van der Waals surface area (Å²) in [7, 11) is 0. The van der Waals surface area contributed by atoms with E-state index in [0.29, 0.717) is 11.3 Å². The molecule has 2 saturated carbocycles. The number of thioether (sulfide) groups is 1. The van der Waals surface area contributed by atoms with Crippen LogP contribution >= 0.6 is 11.8 Å². The second-order valence-electron chi connectivity index (χ2n) is 15.6. The molecule has 2 aliphatic heterocycles. The summed E-state index contributed by atoms with van der Waals surface area (Å²) in [4.78, 5) is 41.4. The molecule has 0 aromatic heterocycles. The van der Waals surface area contributed by atoms with Gasteiger partial charge >= 0.3 is 5.97 Å². The molecular weight excluding hydrogens is 614 g/mol. The number of carboxylic acids is 1. The van der Waals surface area contributed by atoms with Crippen LogP contribution in [0.2, 0.25) is 0 Å². The number of phenols is 1. The average molecular weight is 670 g/mol. The zero-order valence-electron chi connectivity index (χ0n) is 29.4. The van der Waals surface area contributed by atoms with Crippen LogP contribution in [0.3, 0.4) is 0 Å². The van der Waals surface area contributed by atoms with Gasteiger partial charge in [0.1, 0.15) is 17.7 Å². The zero-order valence-corrected chi connectivity index (χ0v) is 30.2. The van der Waals surface area contributed by atoms with Crippen LogP contribution in [0.1, 0.15) is 129 Å². The van der Waals surface area contributed by atoms with Crippen LogP contribution in [0, 0.1) is 0 Å². The van der Waals surface area contributed by atoms with Gasteiger partial charge in [-0.2, -0.15) is 0 Å². The number of hydrogen-bond acceptors (Lipinski definition) is 8. The van der Waals surface area contributed by atoms with Gasteiger partial charge < -0.3 is 25.1 Å². The number of carbonyl (C=O) groups is 3. The molecule has 0 spiro atoms. The number of ether oxygens (including phenoxy) is 1. The van der Waals surface area contributed by atoms with E-state index < -0.39 is 29.3 Å². The lowest BCUT2D eigenvalue weighted by Gasteiger charge is -2.49. The van der Waals surface area contributed by atoms with Gasteiger partial charge in [-0.1, -0.05) is 54.4 Å². The Morgan fingerprint density at radius 1 is 0.979 bits per heavy atom. The number of aromatic hydroxyl groups is 1. The molecule has 1 aromatic carbocycles. The summed E-state index contributed by atoms with van der Waals surface area (Å²) in [5.41, 5.74) is 1.81. The van der Waals surface area contributed by atoms with Crippen LogP contribution in [-0.2, 0) is 30.0 Å². The van der Waals surface area contributed by atoms with Gasteiger partial charge in [0, 0.05) is 35.6 Å². The van der Waals surface area contributed by atoms with Gasteiger partial charge in [0.25, 0.3) is 5.91 Å². The predicted molar refractivity (Wildman–Crippen MR) is 184 cm³/mol. The van der Waals surface area contributed by atoms with Gasteiger partial charge in [-0.15, -0.1) is 11.8 Å². The fourth-order valence-corrected chi connectivity index (χ4v) is 8.35. The van der Waals surface area contributed by atoms with Crippen molar-refractivity contribution in [3.05, 3.63) is 40.1 Å². The van der Waals surface area contributed by atoms with Crippen LogP contribution in [0.5, 0.6) is 5.75 Å². The van der Waals surface area contributed by atoms with Crippen molar-refractivity contribution in [3.8, 4) is 5.75 Å². The van der Waals surface area contributed by atoms with Gasteiger partial charge in [0.15, 0.2) is 6.04 Å². The first-order valence-electron chi connectivity index (χ1n) is 17.4. The lowest BCUT2D eigenvalue weighted by Crippen LogP contribution is -2.95. The largest absolute Gasteiger partial charge is 0.543 e. The number of carboxylic acid groups (broad SMARTS) is 1. The molecule has 47 heavy (non-hydrogen) atoms. The van der Waals surface area contributed by atoms with Crippen molar-refractivity contribution < 1.29 is 34.7 Å². The van der Waals surface area contributed by atoms with E-state index in [4.69, 9.17) is 4.74 Å². The molecule has 1 aromatic rings. The Kier molecular flexibility index (Phi) is 12.3. The number of fused-ring (bicyclic) bond motifs is 1. The summed E-state index contributed by atoms with van der Waals surface area (Å²) in [5.74, 6) is -1.91. The molecule has 5 rings (SSSR count). The fourth-order valence-electron chi connectivity index (χ4n) is 7.03. The minimum absolute atomic E-state index is 0.200. The third-order valence-corrected chi connectivity index (χ3v) is 11.0. The van der Waals surface area contributed by atoms with Gasteiger partial charge in [0.2, 0.25) is 0 Å². The van der Waals surface area contributed by atoms with E-state index in [2.05, 4.69) is 10.3 Å². The molecule has 10 heteroatoms. The minimum atomic E-state index is -1.48. The highest BCUT2D eigenvalue weighted by atomic mass is 32.2. The summed E-state index contributed by atoms with van der Waals surface area (Å²) < 4.78 is 4.93. The number of nitrogens with zero attached hydrogens (tertiary/aromatic N) is 2. The molecule has 9 nitrogen and oxygen atoms in total. The number of amides is 1. The quantitative estimate of drug-likeness (QED) is 0.248. The molecule has 3 N–H and O–H groups in total. The third-order valence-electron chi connectivity index (χ3n) is 9.64. The normalized spacial score (nSPS) is 22.8. The number of rotatable bonds is 7. The van der Waals surface area contributed by atoms with Gasteiger partial charge in [0.05, 0.1) is 23.8 Å². The number of aliphatic carboxylic acids is 1. The average Bonchev–Trinajstić information content (AvgIpc) is 3.00. The third kappa shape index (κ3) is 9.40. The Balaban J connectivity index is 0.000000318. The highest BCUT2D eigenvalue weighted by Crippen LogP contribution is 2.42. The SMILES string of the molecule is C1CCC([NH2+]C2CCCCC2)CC1.CC(=O)OCC1=C(C(=O)[O-])N2C(=O)[C@@H](N=Cc3cc(C(C)(C)C)c(O)c(C(C)(C)C)c3)[C@H]2SC1. The predicted octanol–water partition coefficient (Wildman–Crippen LogP) is 4.47. The number of esters is 1. The van der Waals surface area contributed by atoms with Crippen molar-refractivity contribution in [2.45, 2.75) is 147 Å². The van der Waals surface area contributed by atoms with Crippen LogP contribution in [0.4, 0.5) is 0 Å². The number of benzene rings is 1. The fraction of sp³-hybridized carbons (Fsp3) is 0.676. The Morgan fingerprint density at radius 2 is 1.49 bits per heavy atom. The monoisotopic (exact) mass is 669 g/mol. The number of aliphatic imine (C=N–C) groups is 1. The van der Waals surface area contributed by atoms with E-state index in [0.717, 1.165) is 28.8 Å². The molecule has 2 aliphatic carbocycles. The van der Waals surface area contributed by atoms with Crippen LogP contribution in [0.25, 0.3) is 0 Å². The molecule has 1 saturated heterocycles. The summed E-state index contributed by atoms with van der Waals surface area (Å²) >= 11 is 1.37. The Hall–Kier alpha value is -2.85. The molecule has 260 valence electrons. The highest BCUT2D eigenvalue weighted by Gasteiger charge is 2.52. The second-order valence-corrected chi connectivity index (χ2v) is 16.7. The van der Waals surface area contributed by atoms with Crippen LogP contribution in [0.15, 0.2) is 28.4 Å². The summed E-state index contributed by atoms with van der Waals surface area (Å²) in [6.45, 7) is 13.1. The van der Waals surface area contributed by atoms with E-state index in [9.17, 15) is 24.6 Å². The van der Waals surface area contributed by atoms with Crippen molar-refractivity contribution >= 4 is 35.8 Å². The molecule has 0 unspecified atom stereocenters. The van der Waals surface area contributed by atoms with E-state index in [1.54, 1.807) is 6.21 Å². The minimum Gasteiger partial charge on any atom is -0.543 e. The van der Waals surface area contributed by atoms with E-state index in [1.165, 1.54) is 87.8 Å². The first kappa shape index (κ1) is 37.0. The molecule has 3 fully saturated rings. The first-order chi connectivity index (χ1) is 22.1. The van der Waals surface area contributed by atoms with Crippen molar-refractivity contribution in [2.75, 3.05) is 12.4 Å². The summed E-state index contributed by atoms with van der Waals surface area (Å²) in [6.07, 6.45) is 16.6. The maximum Gasteiger partial charge on any atom is 0.302 e. The molecule has 2 heterocycles. The molecule has 0 radical (unpaired) electrons. The van der Waals surface area contributed by atoms with Crippen LogP contribution in [-0.4, -0.2) is 69.9 Å². The lowest BCUT2D eigenvalue weighted by molar-refractivity contribution is -0.725. The molecule has 4 aliphatic rings. The van der Waals surface area contributed by atoms with Gasteiger partial charge in [-0.25, -0.2) is 0 Å². The standard InChI is InChI=1S/C25H32N2O6S.C12H23N/c1-13(28)33-11-15-12-34-22-18(21(30)27(22)19(15)23(31)32)26-10-14-8-16(24(2,3)4)20(29)17(9-14)25(5,6)7;1-3-7-11(8-4-1)13-12-9-5-2-6-10-12/h8-10,18,22,29H,11-12H2,1-7H3,(H,31,32);11-13H,1-10H2/t18-,22-;/m1./s1. The van der Waals surface area contributed by atoms with Gasteiger partial charge in [-0.05, 0) is 79.9 Å². The van der Waals surface area contributed by atoms with Crippen molar-refractivity contribution in [3.63, 3.8) is 0 Å². The number of nitrogens with two attached hydrogens (primary N) is 1. The first-order valence-corrected chi connectivity index (χ1v) is 18.4. The number of carbonyl (C=O) groups excluding carboxylic acids is 3. The zero-order chi connectivity index (χ0) is 34.5. The van der Waals surface area contributed by atoms with Crippen molar-refractivity contribution in [1.29, 1.82) is 0 Å². The number of phenolic OH excluding ortho intramolecular Hbond substituents is 1. The topological polar surface area (TPSA) is 136 Å². The molecule has 1 amide bonds. The number of hydrogen-bond donors (Lipinski definition) is 2. The highest BCUT2D eigenvalue weighted by molar-refractivity contribution is 8.00. The van der Waals surface area contributed by atoms with Crippen molar-refractivity contribution in [1.82, 2.24) is 4.90 Å². The Labute approximate surface area is 285 Å². The Bertz CT molecular complexity index is 1310. The maximum atomic E-state index is 12.8. The number of quaternary nitrogens is 1. The van der Waals surface area contributed by atoms with E-state index >= 15 is 0 Å². The Morgan fingerprint density at radius 3 is 1.94 bits per heavy atom. The van der Waals surface area contributed by atoms with E-state index in [1.807, 2.05) is 53.7 Å². The number of β-lactam (4-membered cyclic amide) rings is 1. The molecule has 2 atom stereocenters.